The molecule has 1 unspecified atom stereocenters. The van der Waals surface area contributed by atoms with Gasteiger partial charge in [0.05, 0.1) is 29.3 Å². The summed E-state index contributed by atoms with van der Waals surface area (Å²) in [6.45, 7) is 6.70. The molecule has 0 bridgehead atoms. The van der Waals surface area contributed by atoms with Gasteiger partial charge in [0, 0.05) is 31.1 Å². The summed E-state index contributed by atoms with van der Waals surface area (Å²) < 4.78 is 11.2. The van der Waals surface area contributed by atoms with E-state index in [1.807, 2.05) is 44.3 Å². The number of hydrogen-bond donors (Lipinski definition) is 2. The molecular formula is C28H31N3O4S. The number of thiazole rings is 1. The van der Waals surface area contributed by atoms with Crippen molar-refractivity contribution in [2.45, 2.75) is 58.3 Å². The van der Waals surface area contributed by atoms with Gasteiger partial charge in [0.15, 0.2) is 0 Å². The Morgan fingerprint density at radius 2 is 2.17 bits per heavy atom. The minimum Gasteiger partial charge on any atom is -0.490 e. The number of hydrogen-bond acceptors (Lipinski definition) is 8. The smallest absolute Gasteiger partial charge is 0.323 e. The van der Waals surface area contributed by atoms with Gasteiger partial charge < -0.3 is 19.9 Å². The van der Waals surface area contributed by atoms with E-state index in [2.05, 4.69) is 35.4 Å². The summed E-state index contributed by atoms with van der Waals surface area (Å²) in [5.41, 5.74) is 4.83. The maximum absolute atomic E-state index is 12.3. The molecule has 1 saturated heterocycles. The van der Waals surface area contributed by atoms with Crippen molar-refractivity contribution >= 4 is 17.3 Å². The van der Waals surface area contributed by atoms with Crippen LogP contribution in [0, 0.1) is 11.3 Å². The molecule has 2 heterocycles. The number of nitriles is 1. The van der Waals surface area contributed by atoms with Crippen molar-refractivity contribution in [1.82, 2.24) is 10.3 Å². The summed E-state index contributed by atoms with van der Waals surface area (Å²) >= 11 is 1.58. The Bertz CT molecular complexity index is 1260. The van der Waals surface area contributed by atoms with E-state index in [0.29, 0.717) is 37.3 Å². The predicted molar refractivity (Wildman–Crippen MR) is 140 cm³/mol. The first-order valence-corrected chi connectivity index (χ1v) is 13.1. The van der Waals surface area contributed by atoms with Gasteiger partial charge in [-0.25, -0.2) is 4.98 Å². The minimum absolute atomic E-state index is 0.00930. The van der Waals surface area contributed by atoms with Crippen LogP contribution >= 0.6 is 11.3 Å². The highest BCUT2D eigenvalue weighted by atomic mass is 32.1. The van der Waals surface area contributed by atoms with Crippen molar-refractivity contribution in [3.8, 4) is 32.8 Å². The molecule has 3 aromatic rings. The first-order valence-electron chi connectivity index (χ1n) is 12.3. The summed E-state index contributed by atoms with van der Waals surface area (Å²) in [4.78, 5) is 17.9. The molecule has 0 saturated carbocycles. The molecule has 36 heavy (non-hydrogen) atoms. The first-order chi connectivity index (χ1) is 17.4. The molecular weight excluding hydrogens is 474 g/mol. The van der Waals surface area contributed by atoms with Crippen molar-refractivity contribution in [2.24, 2.45) is 0 Å². The molecule has 1 fully saturated rings. The fourth-order valence-electron chi connectivity index (χ4n) is 4.42. The Labute approximate surface area is 215 Å². The van der Waals surface area contributed by atoms with E-state index in [9.17, 15) is 15.2 Å². The first kappa shape index (κ1) is 25.8. The molecule has 8 heteroatoms. The lowest BCUT2D eigenvalue weighted by molar-refractivity contribution is -0.145. The van der Waals surface area contributed by atoms with E-state index in [-0.39, 0.29) is 12.1 Å². The fourth-order valence-corrected chi connectivity index (χ4v) is 5.38. The third-order valence-electron chi connectivity index (χ3n) is 6.12. The molecule has 0 radical (unpaired) electrons. The van der Waals surface area contributed by atoms with Crippen molar-refractivity contribution < 1.29 is 19.4 Å². The van der Waals surface area contributed by atoms with Crippen LogP contribution in [0.25, 0.3) is 21.0 Å². The molecule has 1 aliphatic heterocycles. The summed E-state index contributed by atoms with van der Waals surface area (Å²) in [6.07, 6.45) is 3.22. The number of benzene rings is 2. The molecule has 1 aromatic heterocycles. The van der Waals surface area contributed by atoms with Gasteiger partial charge in [-0.1, -0.05) is 25.1 Å². The monoisotopic (exact) mass is 505 g/mol. The third-order valence-corrected chi connectivity index (χ3v) is 7.19. The lowest BCUT2D eigenvalue weighted by Crippen LogP contribution is -2.32. The van der Waals surface area contributed by atoms with Gasteiger partial charge in [0.2, 0.25) is 0 Å². The Balaban J connectivity index is 1.50. The summed E-state index contributed by atoms with van der Waals surface area (Å²) in [5.74, 6) is 0.268. The van der Waals surface area contributed by atoms with Gasteiger partial charge in [0.1, 0.15) is 22.9 Å². The lowest BCUT2D eigenvalue weighted by Gasteiger charge is -2.14. The Morgan fingerprint density at radius 1 is 1.33 bits per heavy atom. The molecule has 1 aliphatic rings. The molecule has 2 N–H and O–H groups in total. The highest BCUT2D eigenvalue weighted by molar-refractivity contribution is 7.18. The van der Waals surface area contributed by atoms with Crippen LogP contribution in [0.4, 0.5) is 0 Å². The fraction of sp³-hybridized carbons (Fsp3) is 0.393. The summed E-state index contributed by atoms with van der Waals surface area (Å²) in [7, 11) is 0. The quantitative estimate of drug-likeness (QED) is 0.412. The van der Waals surface area contributed by atoms with Crippen molar-refractivity contribution in [3.05, 3.63) is 59.3 Å². The Kier molecular flexibility index (Phi) is 8.36. The van der Waals surface area contributed by atoms with Gasteiger partial charge in [-0.15, -0.1) is 11.3 Å². The molecule has 2 aromatic carbocycles. The highest BCUT2D eigenvalue weighted by Crippen LogP contribution is 2.36. The minimum atomic E-state index is -0.493. The van der Waals surface area contributed by atoms with Gasteiger partial charge in [-0.05, 0) is 55.2 Å². The molecule has 2 atom stereocenters. The highest BCUT2D eigenvalue weighted by Gasteiger charge is 2.29. The van der Waals surface area contributed by atoms with Crippen LogP contribution in [0.15, 0.2) is 42.6 Å². The van der Waals surface area contributed by atoms with Crippen molar-refractivity contribution in [1.29, 1.82) is 5.26 Å². The number of carbonyl (C=O) groups excluding carboxylic acids is 1. The molecule has 0 amide bonds. The van der Waals surface area contributed by atoms with E-state index in [0.717, 1.165) is 33.0 Å². The second-order valence-corrected chi connectivity index (χ2v) is 10.1. The maximum Gasteiger partial charge on any atom is 0.323 e. The normalized spacial score (nSPS) is 17.2. The van der Waals surface area contributed by atoms with Crippen molar-refractivity contribution in [3.63, 3.8) is 0 Å². The average Bonchev–Trinajstić information content (AvgIpc) is 3.53. The predicted octanol–water partition coefficient (Wildman–Crippen LogP) is 4.51. The number of rotatable bonds is 9. The van der Waals surface area contributed by atoms with Gasteiger partial charge in [-0.3, -0.25) is 4.79 Å². The number of aliphatic hydroxyl groups excluding tert-OH is 1. The topological polar surface area (TPSA) is 104 Å². The number of aromatic nitrogens is 1. The van der Waals surface area contributed by atoms with E-state index in [1.165, 1.54) is 5.56 Å². The molecule has 4 rings (SSSR count). The molecule has 188 valence electrons. The van der Waals surface area contributed by atoms with E-state index in [4.69, 9.17) is 9.47 Å². The van der Waals surface area contributed by atoms with Crippen LogP contribution in [-0.2, 0) is 22.4 Å². The largest absolute Gasteiger partial charge is 0.490 e. The Morgan fingerprint density at radius 3 is 2.86 bits per heavy atom. The number of nitrogens with one attached hydrogen (secondary N) is 1. The van der Waals surface area contributed by atoms with E-state index < -0.39 is 12.1 Å². The maximum atomic E-state index is 12.3. The van der Waals surface area contributed by atoms with Crippen LogP contribution in [0.1, 0.15) is 43.9 Å². The second kappa shape index (κ2) is 11.7. The van der Waals surface area contributed by atoms with E-state index >= 15 is 0 Å². The van der Waals surface area contributed by atoms with Gasteiger partial charge in [-0.2, -0.15) is 5.26 Å². The summed E-state index contributed by atoms with van der Waals surface area (Å²) in [6, 6.07) is 13.6. The number of aliphatic hydroxyl groups is 1. The number of nitrogens with zero attached hydrogens (tertiary/aromatic N) is 2. The zero-order valence-electron chi connectivity index (χ0n) is 20.8. The van der Waals surface area contributed by atoms with Crippen LogP contribution in [0.2, 0.25) is 0 Å². The zero-order valence-corrected chi connectivity index (χ0v) is 21.6. The number of carbonyl (C=O) groups is 1. The SMILES string of the molecule is CCc1c(CCOC(=O)[C@@H]2CC(O)CN2)cccc1-c1cnc(-c2ccc(OC(C)C)c(C#N)c2)s1. The van der Waals surface area contributed by atoms with Crippen LogP contribution in [-0.4, -0.2) is 47.5 Å². The summed E-state index contributed by atoms with van der Waals surface area (Å²) in [5, 5.41) is 23.0. The number of esters is 1. The number of β-amino-alcohol motifs (C(OH)–C–C–N with tert-alkyl or cyclic N) is 1. The van der Waals surface area contributed by atoms with Crippen LogP contribution in [0.5, 0.6) is 5.75 Å². The molecule has 0 aliphatic carbocycles. The second-order valence-electron chi connectivity index (χ2n) is 9.08. The zero-order chi connectivity index (χ0) is 25.7. The Hall–Kier alpha value is -3.25. The number of ether oxygens (including phenoxy) is 2. The van der Waals surface area contributed by atoms with Crippen LogP contribution < -0.4 is 10.1 Å². The molecule has 0 spiro atoms. The third kappa shape index (κ3) is 5.93. The van der Waals surface area contributed by atoms with E-state index in [1.54, 1.807) is 11.3 Å². The van der Waals surface area contributed by atoms with Gasteiger partial charge >= 0.3 is 5.97 Å². The van der Waals surface area contributed by atoms with Gasteiger partial charge in [0.25, 0.3) is 0 Å². The standard InChI is InChI=1S/C28H31N3O4S/c1-4-22-18(10-11-34-28(33)24-13-21(32)15-30-24)6-5-7-23(22)26-16-31-27(36-26)19-8-9-25(35-17(2)3)20(12-19)14-29/h5-9,12,16-17,21,24,30,32H,4,10-11,13,15H2,1-3H3/t21?,24-/m0/s1. The van der Waals surface area contributed by atoms with Crippen molar-refractivity contribution in [2.75, 3.05) is 13.2 Å². The average molecular weight is 506 g/mol. The van der Waals surface area contributed by atoms with Crippen LogP contribution in [0.3, 0.4) is 0 Å². The lowest BCUT2D eigenvalue weighted by atomic mass is 9.96. The molecule has 7 nitrogen and oxygen atoms in total.